The molecule has 0 fully saturated rings. The Hall–Kier alpha value is -0.860. The second-order valence-electron chi connectivity index (χ2n) is 6.11. The molecule has 102 valence electrons. The van der Waals surface area contributed by atoms with E-state index in [0.717, 1.165) is 12.8 Å². The topological polar surface area (TPSA) is 52.0 Å². The fourth-order valence-corrected chi connectivity index (χ4v) is 2.00. The first-order valence-corrected chi connectivity index (χ1v) is 6.98. The van der Waals surface area contributed by atoms with Crippen molar-refractivity contribution in [2.75, 3.05) is 0 Å². The SMILES string of the molecule is CCC(C)c1ccc(C(N)CCC(C)(C)N)cc1. The van der Waals surface area contributed by atoms with Crippen LogP contribution in [0.5, 0.6) is 0 Å². The second-order valence-corrected chi connectivity index (χ2v) is 6.11. The minimum atomic E-state index is -0.131. The third kappa shape index (κ3) is 4.79. The van der Waals surface area contributed by atoms with Crippen molar-refractivity contribution in [3.8, 4) is 0 Å². The van der Waals surface area contributed by atoms with Crippen LogP contribution in [0, 0.1) is 0 Å². The van der Waals surface area contributed by atoms with Gasteiger partial charge in [-0.3, -0.25) is 0 Å². The molecule has 0 saturated heterocycles. The molecule has 0 heterocycles. The maximum Gasteiger partial charge on any atom is 0.0295 e. The quantitative estimate of drug-likeness (QED) is 0.806. The lowest BCUT2D eigenvalue weighted by atomic mass is 9.92. The molecule has 0 spiro atoms. The minimum Gasteiger partial charge on any atom is -0.326 e. The van der Waals surface area contributed by atoms with Crippen LogP contribution in [0.1, 0.15) is 70.0 Å². The summed E-state index contributed by atoms with van der Waals surface area (Å²) < 4.78 is 0. The molecule has 4 N–H and O–H groups in total. The van der Waals surface area contributed by atoms with Crippen LogP contribution < -0.4 is 11.5 Å². The lowest BCUT2D eigenvalue weighted by Gasteiger charge is -2.21. The summed E-state index contributed by atoms with van der Waals surface area (Å²) in [6.07, 6.45) is 3.06. The predicted octanol–water partition coefficient (Wildman–Crippen LogP) is 3.72. The van der Waals surface area contributed by atoms with Crippen LogP contribution in [-0.2, 0) is 0 Å². The molecule has 0 aliphatic rings. The van der Waals surface area contributed by atoms with E-state index in [1.807, 2.05) is 13.8 Å². The number of hydrogen-bond donors (Lipinski definition) is 2. The molecule has 2 nitrogen and oxygen atoms in total. The van der Waals surface area contributed by atoms with Gasteiger partial charge in [-0.2, -0.15) is 0 Å². The average molecular weight is 248 g/mol. The van der Waals surface area contributed by atoms with E-state index in [4.69, 9.17) is 11.5 Å². The number of rotatable bonds is 6. The maximum atomic E-state index is 6.21. The zero-order chi connectivity index (χ0) is 13.8. The van der Waals surface area contributed by atoms with Crippen molar-refractivity contribution in [3.05, 3.63) is 35.4 Å². The summed E-state index contributed by atoms with van der Waals surface area (Å²) in [5, 5.41) is 0. The van der Waals surface area contributed by atoms with Crippen molar-refractivity contribution in [2.45, 2.75) is 64.5 Å². The van der Waals surface area contributed by atoms with Gasteiger partial charge in [0, 0.05) is 11.6 Å². The van der Waals surface area contributed by atoms with Gasteiger partial charge in [0.05, 0.1) is 0 Å². The van der Waals surface area contributed by atoms with Gasteiger partial charge in [-0.15, -0.1) is 0 Å². The molecule has 1 rings (SSSR count). The van der Waals surface area contributed by atoms with Gasteiger partial charge >= 0.3 is 0 Å². The molecular formula is C16H28N2. The molecule has 2 unspecified atom stereocenters. The zero-order valence-electron chi connectivity index (χ0n) is 12.2. The predicted molar refractivity (Wildman–Crippen MR) is 79.6 cm³/mol. The average Bonchev–Trinajstić information content (AvgIpc) is 2.34. The van der Waals surface area contributed by atoms with Gasteiger partial charge in [0.1, 0.15) is 0 Å². The molecule has 0 aromatic heterocycles. The third-order valence-corrected chi connectivity index (χ3v) is 3.65. The number of nitrogens with two attached hydrogens (primary N) is 2. The van der Waals surface area contributed by atoms with Crippen LogP contribution >= 0.6 is 0 Å². The molecule has 2 atom stereocenters. The van der Waals surface area contributed by atoms with Crippen molar-refractivity contribution in [2.24, 2.45) is 11.5 Å². The highest BCUT2D eigenvalue weighted by Gasteiger charge is 2.14. The smallest absolute Gasteiger partial charge is 0.0295 e. The first-order chi connectivity index (χ1) is 8.33. The third-order valence-electron chi connectivity index (χ3n) is 3.65. The maximum absolute atomic E-state index is 6.21. The molecule has 0 amide bonds. The number of hydrogen-bond acceptors (Lipinski definition) is 2. The molecular weight excluding hydrogens is 220 g/mol. The highest BCUT2D eigenvalue weighted by molar-refractivity contribution is 5.26. The van der Waals surface area contributed by atoms with Gasteiger partial charge in [0.25, 0.3) is 0 Å². The van der Waals surface area contributed by atoms with Crippen LogP contribution in [0.25, 0.3) is 0 Å². The molecule has 0 saturated carbocycles. The lowest BCUT2D eigenvalue weighted by molar-refractivity contribution is 0.433. The highest BCUT2D eigenvalue weighted by atomic mass is 14.7. The van der Waals surface area contributed by atoms with Crippen molar-refractivity contribution in [3.63, 3.8) is 0 Å². The summed E-state index contributed by atoms with van der Waals surface area (Å²) in [6, 6.07) is 8.83. The fraction of sp³-hybridized carbons (Fsp3) is 0.625. The Balaban J connectivity index is 2.62. The highest BCUT2D eigenvalue weighted by Crippen LogP contribution is 2.23. The Bertz CT molecular complexity index is 348. The molecule has 18 heavy (non-hydrogen) atoms. The first-order valence-electron chi connectivity index (χ1n) is 6.98. The molecule has 1 aromatic carbocycles. The van der Waals surface area contributed by atoms with E-state index >= 15 is 0 Å². The van der Waals surface area contributed by atoms with Crippen LogP contribution in [0.3, 0.4) is 0 Å². The van der Waals surface area contributed by atoms with Gasteiger partial charge in [-0.1, -0.05) is 38.1 Å². The van der Waals surface area contributed by atoms with Gasteiger partial charge in [0.15, 0.2) is 0 Å². The molecule has 0 aliphatic carbocycles. The minimum absolute atomic E-state index is 0.0961. The fourth-order valence-electron chi connectivity index (χ4n) is 2.00. The molecule has 2 heteroatoms. The van der Waals surface area contributed by atoms with E-state index in [1.165, 1.54) is 17.5 Å². The Morgan fingerprint density at radius 3 is 2.06 bits per heavy atom. The van der Waals surface area contributed by atoms with Crippen LogP contribution in [0.2, 0.25) is 0 Å². The zero-order valence-corrected chi connectivity index (χ0v) is 12.2. The molecule has 1 aromatic rings. The first kappa shape index (κ1) is 15.2. The van der Waals surface area contributed by atoms with E-state index in [2.05, 4.69) is 38.1 Å². The van der Waals surface area contributed by atoms with E-state index in [1.54, 1.807) is 0 Å². The molecule has 0 radical (unpaired) electrons. The Morgan fingerprint density at radius 1 is 1.11 bits per heavy atom. The summed E-state index contributed by atoms with van der Waals surface area (Å²) in [5.74, 6) is 0.623. The van der Waals surface area contributed by atoms with Crippen molar-refractivity contribution < 1.29 is 0 Å². The van der Waals surface area contributed by atoms with Crippen LogP contribution in [-0.4, -0.2) is 5.54 Å². The summed E-state index contributed by atoms with van der Waals surface area (Å²) in [6.45, 7) is 8.57. The van der Waals surface area contributed by atoms with Gasteiger partial charge in [0.2, 0.25) is 0 Å². The van der Waals surface area contributed by atoms with Gasteiger partial charge in [-0.05, 0) is 50.2 Å². The van der Waals surface area contributed by atoms with Crippen molar-refractivity contribution in [1.82, 2.24) is 0 Å². The molecule has 0 aliphatic heterocycles. The summed E-state index contributed by atoms with van der Waals surface area (Å²) in [5.41, 5.74) is 14.7. The largest absolute Gasteiger partial charge is 0.326 e. The summed E-state index contributed by atoms with van der Waals surface area (Å²) in [4.78, 5) is 0. The van der Waals surface area contributed by atoms with Crippen LogP contribution in [0.15, 0.2) is 24.3 Å². The molecule has 0 bridgehead atoms. The summed E-state index contributed by atoms with van der Waals surface area (Å²) in [7, 11) is 0. The lowest BCUT2D eigenvalue weighted by Crippen LogP contribution is -2.32. The Kier molecular flexibility index (Phi) is 5.36. The van der Waals surface area contributed by atoms with E-state index in [9.17, 15) is 0 Å². The summed E-state index contributed by atoms with van der Waals surface area (Å²) >= 11 is 0. The van der Waals surface area contributed by atoms with Gasteiger partial charge < -0.3 is 11.5 Å². The second kappa shape index (κ2) is 6.35. The monoisotopic (exact) mass is 248 g/mol. The van der Waals surface area contributed by atoms with E-state index in [-0.39, 0.29) is 11.6 Å². The Labute approximate surface area is 112 Å². The van der Waals surface area contributed by atoms with Crippen molar-refractivity contribution in [1.29, 1.82) is 0 Å². The standard InChI is InChI=1S/C16H28N2/c1-5-12(2)13-6-8-14(9-7-13)15(17)10-11-16(3,4)18/h6-9,12,15H,5,10-11,17-18H2,1-4H3. The van der Waals surface area contributed by atoms with Gasteiger partial charge in [-0.25, -0.2) is 0 Å². The normalized spacial score (nSPS) is 15.4. The number of benzene rings is 1. The van der Waals surface area contributed by atoms with Crippen LogP contribution in [0.4, 0.5) is 0 Å². The van der Waals surface area contributed by atoms with E-state index < -0.39 is 0 Å². The van der Waals surface area contributed by atoms with E-state index in [0.29, 0.717) is 5.92 Å². The Morgan fingerprint density at radius 2 is 1.61 bits per heavy atom. The van der Waals surface area contributed by atoms with Crippen molar-refractivity contribution >= 4 is 0 Å².